The van der Waals surface area contributed by atoms with Gasteiger partial charge >= 0.3 is 6.18 Å². The largest absolute Gasteiger partial charge is 0.389 e. The SMILES string of the molecule is CCCNC1CCC(C(C)C)CC1OCCCC(F)(F)F. The van der Waals surface area contributed by atoms with Crippen LogP contribution in [0.5, 0.6) is 0 Å². The highest BCUT2D eigenvalue weighted by molar-refractivity contribution is 4.86. The van der Waals surface area contributed by atoms with Crippen LogP contribution in [-0.2, 0) is 4.74 Å². The van der Waals surface area contributed by atoms with Gasteiger partial charge in [-0.3, -0.25) is 0 Å². The Balaban J connectivity index is 2.41. The minimum absolute atomic E-state index is 0.0610. The topological polar surface area (TPSA) is 21.3 Å². The molecule has 0 aliphatic heterocycles. The summed E-state index contributed by atoms with van der Waals surface area (Å²) in [6.07, 6.45) is -0.431. The molecule has 0 bridgehead atoms. The second-order valence-corrected chi connectivity index (χ2v) is 6.51. The van der Waals surface area contributed by atoms with Crippen molar-refractivity contribution in [1.29, 1.82) is 0 Å². The number of nitrogens with one attached hydrogen (secondary N) is 1. The fourth-order valence-electron chi connectivity index (χ4n) is 3.02. The molecule has 0 saturated heterocycles. The summed E-state index contributed by atoms with van der Waals surface area (Å²) in [6, 6.07) is 0.297. The number of halogens is 3. The van der Waals surface area contributed by atoms with Crippen molar-refractivity contribution in [1.82, 2.24) is 5.32 Å². The zero-order chi connectivity index (χ0) is 15.9. The van der Waals surface area contributed by atoms with Crippen LogP contribution in [0, 0.1) is 11.8 Å². The summed E-state index contributed by atoms with van der Waals surface area (Å²) < 4.78 is 42.3. The van der Waals surface area contributed by atoms with Crippen LogP contribution >= 0.6 is 0 Å². The molecule has 21 heavy (non-hydrogen) atoms. The Morgan fingerprint density at radius 3 is 2.52 bits per heavy atom. The van der Waals surface area contributed by atoms with Crippen molar-refractivity contribution >= 4 is 0 Å². The number of alkyl halides is 3. The van der Waals surface area contributed by atoms with Gasteiger partial charge in [0, 0.05) is 19.1 Å². The van der Waals surface area contributed by atoms with E-state index in [1.165, 1.54) is 6.42 Å². The highest BCUT2D eigenvalue weighted by Crippen LogP contribution is 2.32. The Kier molecular flexibility index (Phi) is 8.03. The highest BCUT2D eigenvalue weighted by atomic mass is 19.4. The molecule has 0 spiro atoms. The van der Waals surface area contributed by atoms with Gasteiger partial charge in [-0.05, 0) is 50.5 Å². The molecule has 0 amide bonds. The van der Waals surface area contributed by atoms with Crippen LogP contribution in [0.4, 0.5) is 13.2 Å². The molecule has 3 unspecified atom stereocenters. The van der Waals surface area contributed by atoms with Gasteiger partial charge in [0.2, 0.25) is 0 Å². The number of hydrogen-bond donors (Lipinski definition) is 1. The minimum Gasteiger partial charge on any atom is -0.377 e. The summed E-state index contributed by atoms with van der Waals surface area (Å²) in [5, 5.41) is 3.49. The average molecular weight is 309 g/mol. The van der Waals surface area contributed by atoms with Gasteiger partial charge in [-0.15, -0.1) is 0 Å². The lowest BCUT2D eigenvalue weighted by atomic mass is 9.78. The van der Waals surface area contributed by atoms with Gasteiger partial charge in [-0.1, -0.05) is 20.8 Å². The standard InChI is InChI=1S/C16H30F3NO/c1-4-9-20-14-7-6-13(12(2)3)11-15(14)21-10-5-8-16(17,18)19/h12-15,20H,4-11H2,1-3H3. The predicted molar refractivity (Wildman–Crippen MR) is 79.3 cm³/mol. The maximum Gasteiger partial charge on any atom is 0.389 e. The zero-order valence-electron chi connectivity index (χ0n) is 13.5. The van der Waals surface area contributed by atoms with Crippen molar-refractivity contribution in [2.75, 3.05) is 13.2 Å². The molecule has 1 rings (SSSR count). The number of ether oxygens (including phenoxy) is 1. The molecule has 5 heteroatoms. The second-order valence-electron chi connectivity index (χ2n) is 6.51. The molecule has 0 aromatic rings. The second kappa shape index (κ2) is 8.99. The first-order chi connectivity index (χ1) is 9.83. The third-order valence-corrected chi connectivity index (χ3v) is 4.37. The van der Waals surface area contributed by atoms with Crippen molar-refractivity contribution in [2.24, 2.45) is 11.8 Å². The highest BCUT2D eigenvalue weighted by Gasteiger charge is 2.32. The molecular weight excluding hydrogens is 279 g/mol. The maximum absolute atomic E-state index is 12.2. The molecule has 3 atom stereocenters. The molecule has 0 aromatic carbocycles. The van der Waals surface area contributed by atoms with Crippen molar-refractivity contribution in [3.8, 4) is 0 Å². The van der Waals surface area contributed by atoms with Crippen molar-refractivity contribution in [2.45, 2.75) is 77.6 Å². The van der Waals surface area contributed by atoms with Gasteiger partial charge in [0.15, 0.2) is 0 Å². The lowest BCUT2D eigenvalue weighted by molar-refractivity contribution is -0.140. The maximum atomic E-state index is 12.2. The quantitative estimate of drug-likeness (QED) is 0.665. The smallest absolute Gasteiger partial charge is 0.377 e. The van der Waals surface area contributed by atoms with E-state index in [1.54, 1.807) is 0 Å². The summed E-state index contributed by atoms with van der Waals surface area (Å²) >= 11 is 0. The molecule has 126 valence electrons. The molecule has 0 aromatic heterocycles. The Bertz CT molecular complexity index is 281. The first kappa shape index (κ1) is 18.8. The summed E-state index contributed by atoms with van der Waals surface area (Å²) in [6.45, 7) is 7.70. The van der Waals surface area contributed by atoms with Crippen LogP contribution < -0.4 is 5.32 Å². The third-order valence-electron chi connectivity index (χ3n) is 4.37. The predicted octanol–water partition coefficient (Wildman–Crippen LogP) is 4.54. The van der Waals surface area contributed by atoms with Crippen molar-refractivity contribution in [3.05, 3.63) is 0 Å². The molecule has 1 fully saturated rings. The van der Waals surface area contributed by atoms with E-state index in [1.807, 2.05) is 0 Å². The molecule has 1 N–H and O–H groups in total. The Labute approximate surface area is 126 Å². The average Bonchev–Trinajstić information content (AvgIpc) is 2.40. The van der Waals surface area contributed by atoms with Crippen LogP contribution in [-0.4, -0.2) is 31.5 Å². The van der Waals surface area contributed by atoms with Crippen molar-refractivity contribution < 1.29 is 17.9 Å². The summed E-state index contributed by atoms with van der Waals surface area (Å²) in [5.74, 6) is 1.23. The monoisotopic (exact) mass is 309 g/mol. The Hall–Kier alpha value is -0.290. The summed E-state index contributed by atoms with van der Waals surface area (Å²) in [5.41, 5.74) is 0. The van der Waals surface area contributed by atoms with E-state index >= 15 is 0 Å². The number of hydrogen-bond acceptors (Lipinski definition) is 2. The first-order valence-electron chi connectivity index (χ1n) is 8.25. The van der Waals surface area contributed by atoms with E-state index in [4.69, 9.17) is 4.74 Å². The van der Waals surface area contributed by atoms with E-state index in [2.05, 4.69) is 26.1 Å². The number of rotatable bonds is 8. The fraction of sp³-hybridized carbons (Fsp3) is 1.00. The molecule has 1 saturated carbocycles. The Morgan fingerprint density at radius 1 is 1.24 bits per heavy atom. The lowest BCUT2D eigenvalue weighted by Crippen LogP contribution is -2.46. The molecule has 1 aliphatic carbocycles. The first-order valence-corrected chi connectivity index (χ1v) is 8.25. The van der Waals surface area contributed by atoms with E-state index in [0.29, 0.717) is 17.9 Å². The summed E-state index contributed by atoms with van der Waals surface area (Å²) in [7, 11) is 0. The minimum atomic E-state index is -4.07. The third kappa shape index (κ3) is 7.50. The van der Waals surface area contributed by atoms with Crippen molar-refractivity contribution in [3.63, 3.8) is 0 Å². The van der Waals surface area contributed by atoms with Crippen LogP contribution in [0.1, 0.15) is 59.3 Å². The molecule has 0 radical (unpaired) electrons. The van der Waals surface area contributed by atoms with Crippen LogP contribution in [0.15, 0.2) is 0 Å². The Morgan fingerprint density at radius 2 is 1.95 bits per heavy atom. The van der Waals surface area contributed by atoms with Crippen LogP contribution in [0.25, 0.3) is 0 Å². The molecule has 1 aliphatic rings. The normalized spacial score (nSPS) is 27.3. The van der Waals surface area contributed by atoms with E-state index < -0.39 is 12.6 Å². The van der Waals surface area contributed by atoms with E-state index in [9.17, 15) is 13.2 Å². The molecular formula is C16H30F3NO. The molecule has 2 nitrogen and oxygen atoms in total. The lowest BCUT2D eigenvalue weighted by Gasteiger charge is -2.38. The van der Waals surface area contributed by atoms with Gasteiger partial charge in [0.1, 0.15) is 0 Å². The van der Waals surface area contributed by atoms with Gasteiger partial charge in [0.05, 0.1) is 6.10 Å². The van der Waals surface area contributed by atoms with E-state index in [0.717, 1.165) is 25.8 Å². The van der Waals surface area contributed by atoms with E-state index in [-0.39, 0.29) is 19.1 Å². The van der Waals surface area contributed by atoms with Gasteiger partial charge in [-0.2, -0.15) is 13.2 Å². The fourth-order valence-corrected chi connectivity index (χ4v) is 3.02. The van der Waals surface area contributed by atoms with Crippen LogP contribution in [0.3, 0.4) is 0 Å². The summed E-state index contributed by atoms with van der Waals surface area (Å²) in [4.78, 5) is 0. The molecule has 0 heterocycles. The van der Waals surface area contributed by atoms with Gasteiger partial charge in [-0.25, -0.2) is 0 Å². The zero-order valence-corrected chi connectivity index (χ0v) is 13.5. The van der Waals surface area contributed by atoms with Gasteiger partial charge < -0.3 is 10.1 Å². The van der Waals surface area contributed by atoms with Gasteiger partial charge in [0.25, 0.3) is 0 Å². The van der Waals surface area contributed by atoms with Crippen LogP contribution in [0.2, 0.25) is 0 Å².